The van der Waals surface area contributed by atoms with E-state index in [1.54, 1.807) is 14.2 Å². The minimum Gasteiger partial charge on any atom is -0.497 e. The summed E-state index contributed by atoms with van der Waals surface area (Å²) in [7, 11) is 3.45. The maximum Gasteiger partial charge on any atom is 0.119 e. The van der Waals surface area contributed by atoms with Crippen LogP contribution in [0, 0.1) is 13.8 Å². The van der Waals surface area contributed by atoms with Crippen LogP contribution >= 0.6 is 0 Å². The molecule has 0 amide bonds. The molecule has 0 saturated carbocycles. The summed E-state index contributed by atoms with van der Waals surface area (Å²) in [6.07, 6.45) is 0. The molecule has 2 heteroatoms. The molecule has 0 fully saturated rings. The third kappa shape index (κ3) is 2.86. The first-order valence-corrected chi connectivity index (χ1v) is 10.6. The largest absolute Gasteiger partial charge is 0.497 e. The normalized spacial score (nSPS) is 13.4. The first-order valence-electron chi connectivity index (χ1n) is 10.6. The van der Waals surface area contributed by atoms with Crippen LogP contribution in [0.15, 0.2) is 84.9 Å². The lowest BCUT2D eigenvalue weighted by atomic mass is 9.67. The molecule has 0 spiro atoms. The zero-order valence-electron chi connectivity index (χ0n) is 18.4. The lowest BCUT2D eigenvalue weighted by molar-refractivity contribution is 0.412. The van der Waals surface area contributed by atoms with E-state index in [-0.39, 0.29) is 0 Å². The van der Waals surface area contributed by atoms with E-state index in [4.69, 9.17) is 9.47 Å². The summed E-state index contributed by atoms with van der Waals surface area (Å²) in [5.41, 5.74) is 9.59. The smallest absolute Gasteiger partial charge is 0.119 e. The molecule has 2 nitrogen and oxygen atoms in total. The summed E-state index contributed by atoms with van der Waals surface area (Å²) in [4.78, 5) is 0. The van der Waals surface area contributed by atoms with E-state index in [1.807, 2.05) is 12.1 Å². The van der Waals surface area contributed by atoms with Crippen molar-refractivity contribution in [2.45, 2.75) is 19.3 Å². The highest BCUT2D eigenvalue weighted by Crippen LogP contribution is 2.57. The molecule has 0 aliphatic heterocycles. The van der Waals surface area contributed by atoms with Gasteiger partial charge in [0.2, 0.25) is 0 Å². The zero-order chi connectivity index (χ0) is 21.6. The molecule has 4 aromatic carbocycles. The Morgan fingerprint density at radius 2 is 1.00 bits per heavy atom. The second-order valence-corrected chi connectivity index (χ2v) is 8.31. The SMILES string of the molecule is COc1cccc(C2(c3cccc(OC)c3)c3cc(C)ccc3-c3ccc(C)cc32)c1. The topological polar surface area (TPSA) is 18.5 Å². The number of hydrogen-bond donors (Lipinski definition) is 0. The van der Waals surface area contributed by atoms with Crippen molar-refractivity contribution in [1.29, 1.82) is 0 Å². The van der Waals surface area contributed by atoms with Crippen molar-refractivity contribution in [3.8, 4) is 22.6 Å². The van der Waals surface area contributed by atoms with E-state index in [0.29, 0.717) is 0 Å². The van der Waals surface area contributed by atoms with Gasteiger partial charge in [0, 0.05) is 0 Å². The molecule has 1 aliphatic rings. The van der Waals surface area contributed by atoms with Crippen molar-refractivity contribution in [3.05, 3.63) is 118 Å². The van der Waals surface area contributed by atoms with Gasteiger partial charge in [-0.15, -0.1) is 0 Å². The number of ether oxygens (including phenoxy) is 2. The Morgan fingerprint density at radius 1 is 0.548 bits per heavy atom. The van der Waals surface area contributed by atoms with Crippen molar-refractivity contribution in [2.75, 3.05) is 14.2 Å². The highest BCUT2D eigenvalue weighted by atomic mass is 16.5. The third-order valence-electron chi connectivity index (χ3n) is 6.45. The predicted octanol–water partition coefficient (Wildman–Crippen LogP) is 6.68. The Labute approximate surface area is 184 Å². The average Bonchev–Trinajstić information content (AvgIpc) is 3.08. The summed E-state index contributed by atoms with van der Waals surface area (Å²) in [6.45, 7) is 4.33. The van der Waals surface area contributed by atoms with Crippen LogP contribution in [0.3, 0.4) is 0 Å². The van der Waals surface area contributed by atoms with Crippen LogP contribution in [0.1, 0.15) is 33.4 Å². The fourth-order valence-electron chi connectivity index (χ4n) is 5.05. The van der Waals surface area contributed by atoms with Gasteiger partial charge in [-0.1, -0.05) is 71.8 Å². The van der Waals surface area contributed by atoms with Crippen LogP contribution < -0.4 is 9.47 Å². The molecule has 4 aromatic rings. The molecule has 0 N–H and O–H groups in total. The monoisotopic (exact) mass is 406 g/mol. The summed E-state index contributed by atoms with van der Waals surface area (Å²) in [6, 6.07) is 30.6. The molecule has 0 heterocycles. The summed E-state index contributed by atoms with van der Waals surface area (Å²) >= 11 is 0. The van der Waals surface area contributed by atoms with Gasteiger partial charge in [0.15, 0.2) is 0 Å². The molecule has 0 unspecified atom stereocenters. The molecule has 0 radical (unpaired) electrons. The Morgan fingerprint density at radius 3 is 1.42 bits per heavy atom. The molecule has 5 rings (SSSR count). The van der Waals surface area contributed by atoms with Crippen LogP contribution in [0.2, 0.25) is 0 Å². The molecule has 1 aliphatic carbocycles. The lowest BCUT2D eigenvalue weighted by Crippen LogP contribution is -2.29. The third-order valence-corrected chi connectivity index (χ3v) is 6.45. The van der Waals surface area contributed by atoms with Crippen molar-refractivity contribution in [2.24, 2.45) is 0 Å². The minimum absolute atomic E-state index is 0.453. The molecular formula is C29H26O2. The van der Waals surface area contributed by atoms with Gasteiger partial charge in [0.1, 0.15) is 11.5 Å². The van der Waals surface area contributed by atoms with E-state index in [2.05, 4.69) is 86.6 Å². The summed E-state index contributed by atoms with van der Waals surface area (Å²) in [5, 5.41) is 0. The van der Waals surface area contributed by atoms with E-state index in [9.17, 15) is 0 Å². The zero-order valence-corrected chi connectivity index (χ0v) is 18.4. The van der Waals surface area contributed by atoms with E-state index in [0.717, 1.165) is 11.5 Å². The Balaban J connectivity index is 1.97. The highest BCUT2D eigenvalue weighted by Gasteiger charge is 2.46. The first kappa shape index (κ1) is 19.4. The second kappa shape index (κ2) is 7.31. The van der Waals surface area contributed by atoms with E-state index < -0.39 is 5.41 Å². The van der Waals surface area contributed by atoms with Gasteiger partial charge >= 0.3 is 0 Å². The van der Waals surface area contributed by atoms with Crippen molar-refractivity contribution >= 4 is 0 Å². The van der Waals surface area contributed by atoms with Gasteiger partial charge in [-0.05, 0) is 71.5 Å². The lowest BCUT2D eigenvalue weighted by Gasteiger charge is -2.34. The van der Waals surface area contributed by atoms with Gasteiger partial charge in [0.25, 0.3) is 0 Å². The average molecular weight is 407 g/mol. The number of methoxy groups -OCH3 is 2. The minimum atomic E-state index is -0.453. The second-order valence-electron chi connectivity index (χ2n) is 8.31. The molecule has 0 atom stereocenters. The van der Waals surface area contributed by atoms with Crippen LogP contribution in [0.25, 0.3) is 11.1 Å². The highest BCUT2D eigenvalue weighted by molar-refractivity contribution is 5.87. The fraction of sp³-hybridized carbons (Fsp3) is 0.172. The van der Waals surface area contributed by atoms with Crippen LogP contribution in [-0.4, -0.2) is 14.2 Å². The van der Waals surface area contributed by atoms with Crippen LogP contribution in [-0.2, 0) is 5.41 Å². The van der Waals surface area contributed by atoms with Crippen molar-refractivity contribution in [3.63, 3.8) is 0 Å². The Bertz CT molecular complexity index is 1180. The summed E-state index contributed by atoms with van der Waals surface area (Å²) < 4.78 is 11.3. The molecule has 31 heavy (non-hydrogen) atoms. The number of hydrogen-bond acceptors (Lipinski definition) is 2. The van der Waals surface area contributed by atoms with Gasteiger partial charge in [0.05, 0.1) is 19.6 Å². The molecule has 0 aromatic heterocycles. The Kier molecular flexibility index (Phi) is 4.59. The number of benzene rings is 4. The number of rotatable bonds is 4. The van der Waals surface area contributed by atoms with Crippen molar-refractivity contribution < 1.29 is 9.47 Å². The molecule has 154 valence electrons. The van der Waals surface area contributed by atoms with Crippen molar-refractivity contribution in [1.82, 2.24) is 0 Å². The molecular weight excluding hydrogens is 380 g/mol. The number of aryl methyl sites for hydroxylation is 2. The van der Waals surface area contributed by atoms with E-state index >= 15 is 0 Å². The maximum atomic E-state index is 5.64. The van der Waals surface area contributed by atoms with Crippen LogP contribution in [0.4, 0.5) is 0 Å². The van der Waals surface area contributed by atoms with Gasteiger partial charge in [-0.25, -0.2) is 0 Å². The first-order chi connectivity index (χ1) is 15.1. The molecule has 0 bridgehead atoms. The fourth-order valence-corrected chi connectivity index (χ4v) is 5.05. The molecule has 0 saturated heterocycles. The predicted molar refractivity (Wildman–Crippen MR) is 126 cm³/mol. The van der Waals surface area contributed by atoms with Gasteiger partial charge in [-0.3, -0.25) is 0 Å². The van der Waals surface area contributed by atoms with Crippen LogP contribution in [0.5, 0.6) is 11.5 Å². The van der Waals surface area contributed by atoms with Gasteiger partial charge < -0.3 is 9.47 Å². The van der Waals surface area contributed by atoms with Gasteiger partial charge in [-0.2, -0.15) is 0 Å². The van der Waals surface area contributed by atoms with E-state index in [1.165, 1.54) is 44.5 Å². The summed E-state index contributed by atoms with van der Waals surface area (Å²) in [5.74, 6) is 1.71. The standard InChI is InChI=1S/C29H26O2/c1-19-11-13-25-26-14-12-20(2)16-28(26)29(27(25)15-19,21-7-5-9-23(17-21)30-3)22-8-6-10-24(18-22)31-4/h5-18H,1-4H3. The Hall–Kier alpha value is -3.52. The quantitative estimate of drug-likeness (QED) is 0.331. The maximum absolute atomic E-state index is 5.64. The number of fused-ring (bicyclic) bond motifs is 3.